The molecule has 1 aromatic heterocycles. The number of benzene rings is 1. The molecule has 5 nitrogen and oxygen atoms in total. The molecule has 0 fully saturated rings. The van der Waals surface area contributed by atoms with Crippen LogP contribution >= 0.6 is 0 Å². The molecule has 1 aliphatic heterocycles. The molecule has 1 aromatic carbocycles. The van der Waals surface area contributed by atoms with E-state index in [2.05, 4.69) is 10.3 Å². The lowest BCUT2D eigenvalue weighted by molar-refractivity contribution is -0.134. The van der Waals surface area contributed by atoms with Crippen LogP contribution in [0.4, 0.5) is 0 Å². The first-order valence-electron chi connectivity index (χ1n) is 7.93. The van der Waals surface area contributed by atoms with E-state index in [0.717, 1.165) is 17.0 Å². The smallest absolute Gasteiger partial charge is 0.244 e. The number of aromatic nitrogens is 1. The molecule has 0 saturated carbocycles. The van der Waals surface area contributed by atoms with Gasteiger partial charge in [-0.05, 0) is 25.1 Å². The Bertz CT molecular complexity index is 660. The molecule has 0 bridgehead atoms. The maximum atomic E-state index is 13.0. The predicted octanol–water partition coefficient (Wildman–Crippen LogP) is 2.15. The van der Waals surface area contributed by atoms with E-state index in [-0.39, 0.29) is 11.9 Å². The first-order chi connectivity index (χ1) is 11.3. The lowest BCUT2D eigenvalue weighted by Crippen LogP contribution is -2.40. The summed E-state index contributed by atoms with van der Waals surface area (Å²) in [5, 5.41) is 3.30. The SMILES string of the molecule is CCN(Cc1ccccn1)C(=O)C1NCCOc2ccccc21. The van der Waals surface area contributed by atoms with Crippen molar-refractivity contribution < 1.29 is 9.53 Å². The van der Waals surface area contributed by atoms with E-state index in [9.17, 15) is 4.79 Å². The summed E-state index contributed by atoms with van der Waals surface area (Å²) >= 11 is 0. The number of nitrogens with zero attached hydrogens (tertiary/aromatic N) is 2. The van der Waals surface area contributed by atoms with Crippen molar-refractivity contribution in [2.45, 2.75) is 19.5 Å². The van der Waals surface area contributed by atoms with Crippen molar-refractivity contribution in [1.29, 1.82) is 0 Å². The number of hydrogen-bond acceptors (Lipinski definition) is 4. The van der Waals surface area contributed by atoms with Crippen molar-refractivity contribution in [1.82, 2.24) is 15.2 Å². The summed E-state index contributed by atoms with van der Waals surface area (Å²) in [6, 6.07) is 13.1. The molecule has 120 valence electrons. The number of amides is 1. The molecule has 0 spiro atoms. The third kappa shape index (κ3) is 3.51. The molecule has 1 atom stereocenters. The normalized spacial score (nSPS) is 16.8. The number of likely N-dealkylation sites (N-methyl/N-ethyl adjacent to an activating group) is 1. The summed E-state index contributed by atoms with van der Waals surface area (Å²) in [5.41, 5.74) is 1.79. The molecule has 0 radical (unpaired) electrons. The summed E-state index contributed by atoms with van der Waals surface area (Å²) < 4.78 is 5.71. The Balaban J connectivity index is 1.83. The Morgan fingerprint density at radius 1 is 1.30 bits per heavy atom. The first-order valence-corrected chi connectivity index (χ1v) is 7.93. The van der Waals surface area contributed by atoms with E-state index in [0.29, 0.717) is 26.2 Å². The van der Waals surface area contributed by atoms with E-state index in [4.69, 9.17) is 4.74 Å². The molecule has 23 heavy (non-hydrogen) atoms. The Hall–Kier alpha value is -2.40. The van der Waals surface area contributed by atoms with Crippen LogP contribution in [-0.4, -0.2) is 35.5 Å². The summed E-state index contributed by atoms with van der Waals surface area (Å²) in [6.07, 6.45) is 1.75. The molecule has 1 aliphatic rings. The zero-order chi connectivity index (χ0) is 16.1. The van der Waals surface area contributed by atoms with Crippen molar-refractivity contribution in [3.05, 3.63) is 59.9 Å². The Labute approximate surface area is 136 Å². The molecule has 2 heterocycles. The van der Waals surface area contributed by atoms with Crippen LogP contribution in [0.15, 0.2) is 48.7 Å². The third-order valence-electron chi connectivity index (χ3n) is 3.96. The molecule has 0 saturated heterocycles. The van der Waals surface area contributed by atoms with Gasteiger partial charge in [-0.15, -0.1) is 0 Å². The summed E-state index contributed by atoms with van der Waals surface area (Å²) in [4.78, 5) is 19.2. The average Bonchev–Trinajstić information content (AvgIpc) is 2.82. The Kier molecular flexibility index (Phi) is 4.88. The second-order valence-corrected chi connectivity index (χ2v) is 5.45. The second kappa shape index (κ2) is 7.24. The highest BCUT2D eigenvalue weighted by atomic mass is 16.5. The van der Waals surface area contributed by atoms with Crippen molar-refractivity contribution in [3.8, 4) is 5.75 Å². The van der Waals surface area contributed by atoms with E-state index < -0.39 is 0 Å². The van der Waals surface area contributed by atoms with Crippen LogP contribution in [0.5, 0.6) is 5.75 Å². The lowest BCUT2D eigenvalue weighted by atomic mass is 10.0. The lowest BCUT2D eigenvalue weighted by Gasteiger charge is -2.26. The molecular weight excluding hydrogens is 290 g/mol. The van der Waals surface area contributed by atoms with E-state index in [1.54, 1.807) is 6.20 Å². The standard InChI is InChI=1S/C18H21N3O2/c1-2-21(13-14-7-5-6-10-19-14)18(22)17-15-8-3-4-9-16(15)23-12-11-20-17/h3-10,17,20H,2,11-13H2,1H3. The number of rotatable bonds is 4. The fourth-order valence-electron chi connectivity index (χ4n) is 2.76. The highest BCUT2D eigenvalue weighted by Gasteiger charge is 2.29. The van der Waals surface area contributed by atoms with Gasteiger partial charge in [0.2, 0.25) is 5.91 Å². The zero-order valence-electron chi connectivity index (χ0n) is 13.2. The quantitative estimate of drug-likeness (QED) is 0.940. The van der Waals surface area contributed by atoms with Crippen molar-refractivity contribution in [2.75, 3.05) is 19.7 Å². The number of fused-ring (bicyclic) bond motifs is 1. The number of pyridine rings is 1. The second-order valence-electron chi connectivity index (χ2n) is 5.45. The van der Waals surface area contributed by atoms with E-state index in [1.807, 2.05) is 54.3 Å². The molecular formula is C18H21N3O2. The van der Waals surface area contributed by atoms with Crippen molar-refractivity contribution in [2.24, 2.45) is 0 Å². The summed E-state index contributed by atoms with van der Waals surface area (Å²) in [6.45, 7) is 4.34. The van der Waals surface area contributed by atoms with Crippen LogP contribution in [0.2, 0.25) is 0 Å². The van der Waals surface area contributed by atoms with Crippen LogP contribution in [0.1, 0.15) is 24.2 Å². The van der Waals surface area contributed by atoms with Crippen molar-refractivity contribution in [3.63, 3.8) is 0 Å². The molecule has 3 rings (SSSR count). The maximum absolute atomic E-state index is 13.0. The minimum absolute atomic E-state index is 0.0519. The third-order valence-corrected chi connectivity index (χ3v) is 3.96. The molecule has 1 N–H and O–H groups in total. The van der Waals surface area contributed by atoms with Gasteiger partial charge >= 0.3 is 0 Å². The van der Waals surface area contributed by atoms with Gasteiger partial charge in [0.15, 0.2) is 0 Å². The largest absolute Gasteiger partial charge is 0.492 e. The van der Waals surface area contributed by atoms with Crippen molar-refractivity contribution >= 4 is 5.91 Å². The van der Waals surface area contributed by atoms with Gasteiger partial charge in [0.05, 0.1) is 12.2 Å². The van der Waals surface area contributed by atoms with Gasteiger partial charge in [0.1, 0.15) is 18.4 Å². The first kappa shape index (κ1) is 15.5. The van der Waals surface area contributed by atoms with Gasteiger partial charge in [-0.1, -0.05) is 24.3 Å². The highest BCUT2D eigenvalue weighted by molar-refractivity contribution is 5.84. The number of hydrogen-bond donors (Lipinski definition) is 1. The molecule has 2 aromatic rings. The maximum Gasteiger partial charge on any atom is 0.244 e. The van der Waals surface area contributed by atoms with E-state index >= 15 is 0 Å². The Morgan fingerprint density at radius 2 is 2.13 bits per heavy atom. The number of para-hydroxylation sites is 1. The fourth-order valence-corrected chi connectivity index (χ4v) is 2.76. The fraction of sp³-hybridized carbons (Fsp3) is 0.333. The highest BCUT2D eigenvalue weighted by Crippen LogP contribution is 2.28. The van der Waals surface area contributed by atoms with Gasteiger partial charge < -0.3 is 9.64 Å². The minimum Gasteiger partial charge on any atom is -0.492 e. The number of ether oxygens (including phenoxy) is 1. The topological polar surface area (TPSA) is 54.5 Å². The monoisotopic (exact) mass is 311 g/mol. The van der Waals surface area contributed by atoms with Crippen LogP contribution in [-0.2, 0) is 11.3 Å². The molecule has 5 heteroatoms. The average molecular weight is 311 g/mol. The summed E-state index contributed by atoms with van der Waals surface area (Å²) in [5.74, 6) is 0.834. The zero-order valence-corrected chi connectivity index (χ0v) is 13.2. The number of carbonyl (C=O) groups is 1. The number of carbonyl (C=O) groups excluding carboxylic acids is 1. The number of nitrogens with one attached hydrogen (secondary N) is 1. The van der Waals surface area contributed by atoms with Crippen LogP contribution in [0.3, 0.4) is 0 Å². The predicted molar refractivity (Wildman–Crippen MR) is 88.0 cm³/mol. The van der Waals surface area contributed by atoms with Crippen LogP contribution in [0.25, 0.3) is 0 Å². The van der Waals surface area contributed by atoms with Gasteiger partial charge in [0.25, 0.3) is 0 Å². The van der Waals surface area contributed by atoms with Gasteiger partial charge in [0, 0.05) is 24.8 Å². The molecule has 0 aliphatic carbocycles. The minimum atomic E-state index is -0.377. The van der Waals surface area contributed by atoms with E-state index in [1.165, 1.54) is 0 Å². The van der Waals surface area contributed by atoms with Gasteiger partial charge in [-0.3, -0.25) is 15.1 Å². The molecule has 1 amide bonds. The Morgan fingerprint density at radius 3 is 2.91 bits per heavy atom. The van der Waals surface area contributed by atoms with Crippen LogP contribution < -0.4 is 10.1 Å². The van der Waals surface area contributed by atoms with Crippen LogP contribution in [0, 0.1) is 0 Å². The molecule has 1 unspecified atom stereocenters. The van der Waals surface area contributed by atoms with Gasteiger partial charge in [-0.25, -0.2) is 0 Å². The summed E-state index contributed by atoms with van der Waals surface area (Å²) in [7, 11) is 0. The van der Waals surface area contributed by atoms with Gasteiger partial charge in [-0.2, -0.15) is 0 Å².